The van der Waals surface area contributed by atoms with E-state index in [1.807, 2.05) is 18.2 Å². The number of fused-ring (bicyclic) bond motifs is 1. The van der Waals surface area contributed by atoms with Gasteiger partial charge in [0.15, 0.2) is 5.78 Å². The van der Waals surface area contributed by atoms with Gasteiger partial charge < -0.3 is 5.32 Å². The molecule has 1 aliphatic carbocycles. The van der Waals surface area contributed by atoms with E-state index in [0.29, 0.717) is 5.75 Å². The molecule has 0 aromatic heterocycles. The summed E-state index contributed by atoms with van der Waals surface area (Å²) in [4.78, 5) is 24.7. The van der Waals surface area contributed by atoms with Gasteiger partial charge in [-0.05, 0) is 25.0 Å². The van der Waals surface area contributed by atoms with Gasteiger partial charge in [0.05, 0.1) is 11.4 Å². The molecule has 1 amide bonds. The topological polar surface area (TPSA) is 46.2 Å². The third-order valence-corrected chi connectivity index (χ3v) is 4.70. The molecule has 2 aliphatic rings. The Kier molecular flexibility index (Phi) is 3.12. The van der Waals surface area contributed by atoms with Crippen LogP contribution in [0.3, 0.4) is 0 Å². The molecule has 0 radical (unpaired) electrons. The molecule has 1 aliphatic heterocycles. The monoisotopic (exact) mass is 261 g/mol. The van der Waals surface area contributed by atoms with Crippen LogP contribution in [0.4, 0.5) is 5.69 Å². The third-order valence-electron chi connectivity index (χ3n) is 3.62. The smallest absolute Gasteiger partial charge is 0.234 e. The summed E-state index contributed by atoms with van der Waals surface area (Å²) in [5.41, 5.74) is 1.53. The van der Waals surface area contributed by atoms with Gasteiger partial charge in [-0.25, -0.2) is 0 Å². The molecule has 0 unspecified atom stereocenters. The molecular weight excluding hydrogens is 246 g/mol. The highest BCUT2D eigenvalue weighted by Gasteiger charge is 2.25. The van der Waals surface area contributed by atoms with Crippen LogP contribution in [-0.2, 0) is 4.79 Å². The fourth-order valence-corrected chi connectivity index (χ4v) is 3.45. The first-order chi connectivity index (χ1) is 8.74. The van der Waals surface area contributed by atoms with Gasteiger partial charge >= 0.3 is 0 Å². The van der Waals surface area contributed by atoms with Crippen LogP contribution in [0.25, 0.3) is 0 Å². The summed E-state index contributed by atoms with van der Waals surface area (Å²) in [6.45, 7) is 0. The number of amides is 1. The minimum Gasteiger partial charge on any atom is -0.324 e. The lowest BCUT2D eigenvalue weighted by Crippen LogP contribution is -2.19. The van der Waals surface area contributed by atoms with E-state index in [1.54, 1.807) is 0 Å². The van der Waals surface area contributed by atoms with Gasteiger partial charge in [0, 0.05) is 16.4 Å². The minimum absolute atomic E-state index is 0.0120. The van der Waals surface area contributed by atoms with E-state index in [9.17, 15) is 9.59 Å². The number of ketones is 1. The third kappa shape index (κ3) is 2.17. The average molecular weight is 261 g/mol. The van der Waals surface area contributed by atoms with Crippen molar-refractivity contribution < 1.29 is 9.59 Å². The molecule has 4 heteroatoms. The lowest BCUT2D eigenvalue weighted by molar-refractivity contribution is -0.113. The highest BCUT2D eigenvalue weighted by Crippen LogP contribution is 2.34. The molecule has 1 saturated carbocycles. The molecule has 0 saturated heterocycles. The molecule has 0 spiro atoms. The molecule has 18 heavy (non-hydrogen) atoms. The number of anilines is 1. The molecule has 0 bridgehead atoms. The van der Waals surface area contributed by atoms with E-state index >= 15 is 0 Å². The lowest BCUT2D eigenvalue weighted by Gasteiger charge is -2.17. The standard InChI is InChI=1S/C14H15NO2S/c16-13-8-18-12-6-5-10(7-11(12)15-13)14(17)9-3-1-2-4-9/h5-7,9H,1-4,8H2,(H,15,16). The molecule has 94 valence electrons. The van der Waals surface area contributed by atoms with Crippen molar-refractivity contribution in [3.05, 3.63) is 23.8 Å². The maximum Gasteiger partial charge on any atom is 0.234 e. The van der Waals surface area contributed by atoms with Gasteiger partial charge in [-0.1, -0.05) is 18.9 Å². The van der Waals surface area contributed by atoms with Crippen LogP contribution in [0.2, 0.25) is 0 Å². The van der Waals surface area contributed by atoms with Crippen molar-refractivity contribution in [3.63, 3.8) is 0 Å². The van der Waals surface area contributed by atoms with Crippen molar-refractivity contribution in [2.75, 3.05) is 11.1 Å². The zero-order valence-electron chi connectivity index (χ0n) is 10.1. The molecule has 0 atom stereocenters. The average Bonchev–Trinajstić information content (AvgIpc) is 2.90. The normalized spacial score (nSPS) is 19.4. The molecule has 3 nitrogen and oxygen atoms in total. The Balaban J connectivity index is 1.87. The van der Waals surface area contributed by atoms with E-state index in [4.69, 9.17) is 0 Å². The van der Waals surface area contributed by atoms with E-state index in [1.165, 1.54) is 11.8 Å². The first kappa shape index (κ1) is 11.8. The summed E-state index contributed by atoms with van der Waals surface area (Å²) in [6, 6.07) is 5.67. The van der Waals surface area contributed by atoms with Crippen molar-refractivity contribution in [2.45, 2.75) is 30.6 Å². The SMILES string of the molecule is O=C1CSc2ccc(C(=O)C3CCCC3)cc2N1. The first-order valence-corrected chi connectivity index (χ1v) is 7.33. The van der Waals surface area contributed by atoms with E-state index in [2.05, 4.69) is 5.32 Å². The summed E-state index contributed by atoms with van der Waals surface area (Å²) in [7, 11) is 0. The van der Waals surface area contributed by atoms with E-state index < -0.39 is 0 Å². The minimum atomic E-state index is 0.0120. The predicted octanol–water partition coefficient (Wildman–Crippen LogP) is 3.10. The van der Waals surface area contributed by atoms with Crippen molar-refractivity contribution >= 4 is 29.1 Å². The first-order valence-electron chi connectivity index (χ1n) is 6.35. The summed E-state index contributed by atoms with van der Waals surface area (Å²) < 4.78 is 0. The van der Waals surface area contributed by atoms with Crippen molar-refractivity contribution in [2.24, 2.45) is 5.92 Å². The number of nitrogens with one attached hydrogen (secondary N) is 1. The van der Waals surface area contributed by atoms with Crippen molar-refractivity contribution in [1.29, 1.82) is 0 Å². The van der Waals surface area contributed by atoms with Crippen LogP contribution >= 0.6 is 11.8 Å². The number of thioether (sulfide) groups is 1. The Labute approximate surface area is 110 Å². The van der Waals surface area contributed by atoms with Crippen LogP contribution in [0.1, 0.15) is 36.0 Å². The van der Waals surface area contributed by atoms with Gasteiger partial charge in [0.1, 0.15) is 0 Å². The summed E-state index contributed by atoms with van der Waals surface area (Å²) in [5.74, 6) is 0.899. The van der Waals surface area contributed by atoms with Gasteiger partial charge in [-0.15, -0.1) is 11.8 Å². The molecule has 1 aromatic rings. The van der Waals surface area contributed by atoms with Crippen LogP contribution < -0.4 is 5.32 Å². The molecule has 3 rings (SSSR count). The van der Waals surface area contributed by atoms with Gasteiger partial charge in [-0.3, -0.25) is 9.59 Å². The Hall–Kier alpha value is -1.29. The summed E-state index contributed by atoms with van der Waals surface area (Å²) >= 11 is 1.53. The van der Waals surface area contributed by atoms with Gasteiger partial charge in [0.2, 0.25) is 5.91 Å². The second-order valence-corrected chi connectivity index (χ2v) is 5.91. The maximum absolute atomic E-state index is 12.3. The molecule has 1 aromatic carbocycles. The molecule has 1 heterocycles. The van der Waals surface area contributed by atoms with Crippen LogP contribution in [0.5, 0.6) is 0 Å². The van der Waals surface area contributed by atoms with Crippen LogP contribution in [-0.4, -0.2) is 17.4 Å². The molecule has 1 N–H and O–H groups in total. The Morgan fingerprint density at radius 2 is 2.06 bits per heavy atom. The maximum atomic E-state index is 12.3. The van der Waals surface area contributed by atoms with E-state index in [0.717, 1.165) is 41.8 Å². The Morgan fingerprint density at radius 3 is 2.83 bits per heavy atom. The number of benzene rings is 1. The fraction of sp³-hybridized carbons (Fsp3) is 0.429. The molecular formula is C14H15NO2S. The van der Waals surface area contributed by atoms with Gasteiger partial charge in [-0.2, -0.15) is 0 Å². The zero-order valence-corrected chi connectivity index (χ0v) is 10.9. The second kappa shape index (κ2) is 4.76. The molecule has 1 fully saturated rings. The largest absolute Gasteiger partial charge is 0.324 e. The highest BCUT2D eigenvalue weighted by molar-refractivity contribution is 8.00. The van der Waals surface area contributed by atoms with Crippen LogP contribution in [0.15, 0.2) is 23.1 Å². The van der Waals surface area contributed by atoms with Gasteiger partial charge in [0.25, 0.3) is 0 Å². The Morgan fingerprint density at radius 1 is 1.28 bits per heavy atom. The quantitative estimate of drug-likeness (QED) is 0.832. The number of Topliss-reactive ketones (excluding diaryl/α,β-unsaturated/α-hetero) is 1. The number of carbonyl (C=O) groups excluding carboxylic acids is 2. The van der Waals surface area contributed by atoms with Crippen molar-refractivity contribution in [3.8, 4) is 0 Å². The predicted molar refractivity (Wildman–Crippen MR) is 72.1 cm³/mol. The van der Waals surface area contributed by atoms with Crippen LogP contribution in [0, 0.1) is 5.92 Å². The lowest BCUT2D eigenvalue weighted by atomic mass is 9.96. The number of hydrogen-bond donors (Lipinski definition) is 1. The van der Waals surface area contributed by atoms with Crippen molar-refractivity contribution in [1.82, 2.24) is 0 Å². The number of rotatable bonds is 2. The number of carbonyl (C=O) groups is 2. The second-order valence-electron chi connectivity index (χ2n) is 4.89. The summed E-state index contributed by atoms with van der Waals surface area (Å²) in [5, 5.41) is 2.83. The summed E-state index contributed by atoms with van der Waals surface area (Å²) in [6.07, 6.45) is 4.34. The highest BCUT2D eigenvalue weighted by atomic mass is 32.2. The fourth-order valence-electron chi connectivity index (χ4n) is 2.66. The number of hydrogen-bond acceptors (Lipinski definition) is 3. The Bertz CT molecular complexity index is 507. The zero-order chi connectivity index (χ0) is 12.5. The van der Waals surface area contributed by atoms with E-state index in [-0.39, 0.29) is 17.6 Å².